The van der Waals surface area contributed by atoms with Crippen molar-refractivity contribution in [2.45, 2.75) is 51.5 Å². The Bertz CT molecular complexity index is 641. The molecule has 2 N–H and O–H groups in total. The Morgan fingerprint density at radius 3 is 2.54 bits per heavy atom. The second kappa shape index (κ2) is 9.67. The fourth-order valence-corrected chi connectivity index (χ4v) is 3.33. The summed E-state index contributed by atoms with van der Waals surface area (Å²) in [4.78, 5) is 23.5. The molecule has 0 saturated heterocycles. The molecule has 1 aromatic rings. The fourth-order valence-electron chi connectivity index (χ4n) is 3.06. The average Bonchev–Trinajstić information content (AvgIpc) is 2.63. The second-order valence-corrected chi connectivity index (χ2v) is 6.96. The molecule has 1 fully saturated rings. The second-order valence-electron chi connectivity index (χ2n) is 6.55. The number of benzene rings is 1. The number of halogens is 1. The lowest BCUT2D eigenvalue weighted by atomic mass is 9.86. The highest BCUT2D eigenvalue weighted by Gasteiger charge is 2.27. The van der Waals surface area contributed by atoms with Crippen LogP contribution in [0, 0.1) is 5.92 Å². The van der Waals surface area contributed by atoms with Crippen LogP contribution in [0.5, 0.6) is 11.5 Å². The standard InChI is InChI=1S/C19H26ClNO5/c1-3-4-9-26-17-15(20)10-13(11-16(17)25-2)18(22)21-14-7-5-12(6-8-14)19(23)24/h10-12,14H,3-9H2,1-2H3,(H,21,22)(H,23,24). The number of amides is 1. The van der Waals surface area contributed by atoms with Crippen molar-refractivity contribution in [1.82, 2.24) is 5.32 Å². The number of hydrogen-bond donors (Lipinski definition) is 2. The molecule has 1 aliphatic rings. The summed E-state index contributed by atoms with van der Waals surface area (Å²) in [6.45, 7) is 2.60. The molecular weight excluding hydrogens is 358 g/mol. The monoisotopic (exact) mass is 383 g/mol. The predicted octanol–water partition coefficient (Wildman–Crippen LogP) is 3.90. The summed E-state index contributed by atoms with van der Waals surface area (Å²) in [6.07, 6.45) is 4.38. The lowest BCUT2D eigenvalue weighted by Crippen LogP contribution is -2.38. The van der Waals surface area contributed by atoms with Gasteiger partial charge in [-0.15, -0.1) is 0 Å². The molecule has 0 unspecified atom stereocenters. The van der Waals surface area contributed by atoms with Crippen molar-refractivity contribution >= 4 is 23.5 Å². The van der Waals surface area contributed by atoms with E-state index < -0.39 is 5.97 Å². The first-order chi connectivity index (χ1) is 12.5. The summed E-state index contributed by atoms with van der Waals surface area (Å²) in [5.41, 5.74) is 0.398. The molecule has 0 heterocycles. The number of methoxy groups -OCH3 is 1. The zero-order valence-electron chi connectivity index (χ0n) is 15.2. The molecular formula is C19H26ClNO5. The molecule has 1 saturated carbocycles. The number of nitrogens with one attached hydrogen (secondary N) is 1. The molecule has 1 aromatic carbocycles. The van der Waals surface area contributed by atoms with Crippen molar-refractivity contribution in [2.75, 3.05) is 13.7 Å². The van der Waals surface area contributed by atoms with Gasteiger partial charge in [0.15, 0.2) is 11.5 Å². The van der Waals surface area contributed by atoms with E-state index in [9.17, 15) is 9.59 Å². The number of carboxylic acid groups (broad SMARTS) is 1. The molecule has 144 valence electrons. The Labute approximate surface area is 158 Å². The van der Waals surface area contributed by atoms with Crippen LogP contribution in [0.4, 0.5) is 0 Å². The lowest BCUT2D eigenvalue weighted by molar-refractivity contribution is -0.142. The smallest absolute Gasteiger partial charge is 0.306 e. The molecule has 1 aliphatic carbocycles. The number of unbranched alkanes of at least 4 members (excludes halogenated alkanes) is 1. The van der Waals surface area contributed by atoms with Gasteiger partial charge in [0, 0.05) is 11.6 Å². The van der Waals surface area contributed by atoms with Crippen LogP contribution in [0.25, 0.3) is 0 Å². The van der Waals surface area contributed by atoms with E-state index in [4.69, 9.17) is 26.2 Å². The molecule has 6 nitrogen and oxygen atoms in total. The van der Waals surface area contributed by atoms with Crippen molar-refractivity contribution in [2.24, 2.45) is 5.92 Å². The molecule has 2 rings (SSSR count). The van der Waals surface area contributed by atoms with Gasteiger partial charge < -0.3 is 19.9 Å². The van der Waals surface area contributed by atoms with Gasteiger partial charge in [-0.2, -0.15) is 0 Å². The number of carbonyl (C=O) groups excluding carboxylic acids is 1. The van der Waals surface area contributed by atoms with E-state index >= 15 is 0 Å². The van der Waals surface area contributed by atoms with E-state index in [0.717, 1.165) is 12.8 Å². The third-order valence-electron chi connectivity index (χ3n) is 4.65. The molecule has 26 heavy (non-hydrogen) atoms. The van der Waals surface area contributed by atoms with Crippen LogP contribution in [-0.4, -0.2) is 36.7 Å². The van der Waals surface area contributed by atoms with Gasteiger partial charge in [-0.05, 0) is 44.2 Å². The van der Waals surface area contributed by atoms with E-state index in [1.54, 1.807) is 12.1 Å². The summed E-state index contributed by atoms with van der Waals surface area (Å²) in [5.74, 6) is -0.444. The van der Waals surface area contributed by atoms with Gasteiger partial charge in [0.05, 0.1) is 24.7 Å². The van der Waals surface area contributed by atoms with E-state index in [1.165, 1.54) is 7.11 Å². The lowest BCUT2D eigenvalue weighted by Gasteiger charge is -2.27. The number of carbonyl (C=O) groups is 2. The van der Waals surface area contributed by atoms with E-state index in [2.05, 4.69) is 12.2 Å². The third-order valence-corrected chi connectivity index (χ3v) is 4.93. The fraction of sp³-hybridized carbons (Fsp3) is 0.579. The molecule has 0 radical (unpaired) electrons. The quantitative estimate of drug-likeness (QED) is 0.665. The normalized spacial score (nSPS) is 19.7. The number of hydrogen-bond acceptors (Lipinski definition) is 4. The number of rotatable bonds is 8. The van der Waals surface area contributed by atoms with Crippen LogP contribution in [0.3, 0.4) is 0 Å². The maximum Gasteiger partial charge on any atom is 0.306 e. The topological polar surface area (TPSA) is 84.9 Å². The Morgan fingerprint density at radius 2 is 1.96 bits per heavy atom. The SMILES string of the molecule is CCCCOc1c(Cl)cc(C(=O)NC2CCC(C(=O)O)CC2)cc1OC. The van der Waals surface area contributed by atoms with Gasteiger partial charge >= 0.3 is 5.97 Å². The van der Waals surface area contributed by atoms with Crippen LogP contribution in [0.15, 0.2) is 12.1 Å². The largest absolute Gasteiger partial charge is 0.493 e. The highest BCUT2D eigenvalue weighted by Crippen LogP contribution is 2.36. The summed E-state index contributed by atoms with van der Waals surface area (Å²) >= 11 is 6.28. The van der Waals surface area contributed by atoms with Crippen LogP contribution in [-0.2, 0) is 4.79 Å². The molecule has 0 atom stereocenters. The van der Waals surface area contributed by atoms with Crippen molar-refractivity contribution in [3.8, 4) is 11.5 Å². The Balaban J connectivity index is 2.02. The van der Waals surface area contributed by atoms with Gasteiger partial charge in [-0.25, -0.2) is 0 Å². The number of carboxylic acids is 1. The number of aliphatic carboxylic acids is 1. The minimum atomic E-state index is -0.759. The zero-order valence-corrected chi connectivity index (χ0v) is 16.0. The first-order valence-corrected chi connectivity index (χ1v) is 9.38. The van der Waals surface area contributed by atoms with E-state index in [1.807, 2.05) is 0 Å². The van der Waals surface area contributed by atoms with Gasteiger partial charge in [0.1, 0.15) is 0 Å². The Morgan fingerprint density at radius 1 is 1.27 bits per heavy atom. The van der Waals surface area contributed by atoms with E-state index in [0.29, 0.717) is 54.4 Å². The average molecular weight is 384 g/mol. The summed E-state index contributed by atoms with van der Waals surface area (Å²) in [7, 11) is 1.51. The van der Waals surface area contributed by atoms with Gasteiger partial charge in [0.25, 0.3) is 5.91 Å². The third kappa shape index (κ3) is 5.27. The van der Waals surface area contributed by atoms with Gasteiger partial charge in [-0.1, -0.05) is 24.9 Å². The first kappa shape index (κ1) is 20.4. The Kier molecular flexibility index (Phi) is 7.57. The Hall–Kier alpha value is -1.95. The van der Waals surface area contributed by atoms with Crippen molar-refractivity contribution < 1.29 is 24.2 Å². The molecule has 0 spiro atoms. The van der Waals surface area contributed by atoms with Crippen LogP contribution in [0.2, 0.25) is 5.02 Å². The minimum absolute atomic E-state index is 0.0247. The molecule has 1 amide bonds. The maximum atomic E-state index is 12.5. The maximum absolute atomic E-state index is 12.5. The highest BCUT2D eigenvalue weighted by atomic mass is 35.5. The van der Waals surface area contributed by atoms with Crippen LogP contribution < -0.4 is 14.8 Å². The zero-order chi connectivity index (χ0) is 19.1. The van der Waals surface area contributed by atoms with Crippen LogP contribution >= 0.6 is 11.6 Å². The highest BCUT2D eigenvalue weighted by molar-refractivity contribution is 6.32. The van der Waals surface area contributed by atoms with Crippen LogP contribution in [0.1, 0.15) is 55.8 Å². The van der Waals surface area contributed by atoms with Crippen molar-refractivity contribution in [1.29, 1.82) is 0 Å². The summed E-state index contributed by atoms with van der Waals surface area (Å²) in [5, 5.41) is 12.3. The van der Waals surface area contributed by atoms with Gasteiger partial charge in [0.2, 0.25) is 0 Å². The first-order valence-electron chi connectivity index (χ1n) is 9.00. The molecule has 0 aliphatic heterocycles. The summed E-state index contributed by atoms with van der Waals surface area (Å²) < 4.78 is 11.0. The van der Waals surface area contributed by atoms with Gasteiger partial charge in [-0.3, -0.25) is 9.59 Å². The predicted molar refractivity (Wildman–Crippen MR) is 99.3 cm³/mol. The molecule has 0 aromatic heterocycles. The summed E-state index contributed by atoms with van der Waals surface area (Å²) in [6, 6.07) is 3.16. The molecule has 7 heteroatoms. The van der Waals surface area contributed by atoms with Crippen molar-refractivity contribution in [3.05, 3.63) is 22.7 Å². The minimum Gasteiger partial charge on any atom is -0.493 e. The molecule has 0 bridgehead atoms. The number of ether oxygens (including phenoxy) is 2. The van der Waals surface area contributed by atoms with E-state index in [-0.39, 0.29) is 17.9 Å². The van der Waals surface area contributed by atoms with Crippen molar-refractivity contribution in [3.63, 3.8) is 0 Å².